The molecule has 2 amide bonds. The fourth-order valence-corrected chi connectivity index (χ4v) is 6.15. The summed E-state index contributed by atoms with van der Waals surface area (Å²) < 4.78 is 32.3. The number of anilines is 1. The largest absolute Gasteiger partial charge is 0.497 e. The van der Waals surface area contributed by atoms with Gasteiger partial charge in [-0.1, -0.05) is 47.3 Å². The van der Waals surface area contributed by atoms with Crippen molar-refractivity contribution in [1.82, 2.24) is 10.2 Å². The fraction of sp³-hybridized carbons (Fsp3) is 0.500. The number of methoxy groups -OCH3 is 1. The Labute approximate surface area is 234 Å². The van der Waals surface area contributed by atoms with Gasteiger partial charge < -0.3 is 15.0 Å². The molecule has 1 aliphatic carbocycles. The maximum atomic E-state index is 13.5. The molecule has 0 saturated heterocycles. The minimum absolute atomic E-state index is 0.108. The van der Waals surface area contributed by atoms with Crippen LogP contribution in [-0.2, 0) is 26.2 Å². The summed E-state index contributed by atoms with van der Waals surface area (Å²) in [7, 11) is -2.01. The lowest BCUT2D eigenvalue weighted by molar-refractivity contribution is -0.141. The zero-order chi connectivity index (χ0) is 27.7. The lowest BCUT2D eigenvalue weighted by atomic mass is 9.95. The van der Waals surface area contributed by atoms with Crippen molar-refractivity contribution in [3.8, 4) is 5.75 Å². The Kier molecular flexibility index (Phi) is 11.0. The number of sulfonamides is 1. The average molecular weight is 609 g/mol. The molecule has 0 aromatic heterocycles. The molecule has 10 heteroatoms. The Bertz CT molecular complexity index is 1180. The van der Waals surface area contributed by atoms with E-state index in [1.54, 1.807) is 43.2 Å². The van der Waals surface area contributed by atoms with Gasteiger partial charge in [0.2, 0.25) is 21.8 Å². The number of amides is 2. The number of ether oxygens (including phenoxy) is 1. The second-order valence-electron chi connectivity index (χ2n) is 9.81. The molecule has 0 unspecified atom stereocenters. The highest BCUT2D eigenvalue weighted by atomic mass is 79.9. The van der Waals surface area contributed by atoms with Gasteiger partial charge in [-0.15, -0.1) is 0 Å². The van der Waals surface area contributed by atoms with E-state index in [-0.39, 0.29) is 37.4 Å². The summed E-state index contributed by atoms with van der Waals surface area (Å²) in [5.41, 5.74) is 1.41. The SMILES string of the molecule is COc1ccc(N(CCCC(=O)N(Cc2cccc(Br)c2)[C@@H](C)C(=O)NC2CCCCC2)S(C)(=O)=O)cc1. The van der Waals surface area contributed by atoms with Crippen molar-refractivity contribution < 1.29 is 22.7 Å². The summed E-state index contributed by atoms with van der Waals surface area (Å²) in [4.78, 5) is 28.2. The molecule has 8 nitrogen and oxygen atoms in total. The van der Waals surface area contributed by atoms with E-state index in [1.165, 1.54) is 10.7 Å². The van der Waals surface area contributed by atoms with Gasteiger partial charge in [-0.05, 0) is 68.1 Å². The number of hydrogen-bond donors (Lipinski definition) is 1. The standard InChI is InChI=1S/C28H38BrN3O5S/c1-21(28(34)30-24-11-5-4-6-12-24)31(20-22-9-7-10-23(29)19-22)27(33)13-8-18-32(38(3,35)36)25-14-16-26(37-2)17-15-25/h7,9-10,14-17,19,21,24H,4-6,8,11-13,18,20H2,1-3H3,(H,30,34)/t21-/m0/s1. The Balaban J connectivity index is 1.71. The smallest absolute Gasteiger partial charge is 0.242 e. The Morgan fingerprint density at radius 3 is 2.39 bits per heavy atom. The number of carbonyl (C=O) groups excluding carboxylic acids is 2. The van der Waals surface area contributed by atoms with E-state index in [0.29, 0.717) is 17.9 Å². The van der Waals surface area contributed by atoms with E-state index in [1.807, 2.05) is 24.3 Å². The van der Waals surface area contributed by atoms with Crippen molar-refractivity contribution >= 4 is 43.5 Å². The Hall–Kier alpha value is -2.59. The molecular weight excluding hydrogens is 570 g/mol. The molecule has 3 rings (SSSR count). The first kappa shape index (κ1) is 30.0. The van der Waals surface area contributed by atoms with Crippen LogP contribution in [0.15, 0.2) is 53.0 Å². The minimum atomic E-state index is -3.56. The van der Waals surface area contributed by atoms with E-state index in [0.717, 1.165) is 42.0 Å². The monoisotopic (exact) mass is 607 g/mol. The van der Waals surface area contributed by atoms with Gasteiger partial charge in [0.15, 0.2) is 0 Å². The molecule has 1 atom stereocenters. The van der Waals surface area contributed by atoms with Crippen LogP contribution in [0.4, 0.5) is 5.69 Å². The van der Waals surface area contributed by atoms with Crippen molar-refractivity contribution in [2.24, 2.45) is 0 Å². The van der Waals surface area contributed by atoms with E-state index in [2.05, 4.69) is 21.2 Å². The molecular formula is C28H38BrN3O5S. The third-order valence-corrected chi connectivity index (χ3v) is 8.56. The van der Waals surface area contributed by atoms with Gasteiger partial charge in [0.05, 0.1) is 19.1 Å². The number of nitrogens with zero attached hydrogens (tertiary/aromatic N) is 2. The Morgan fingerprint density at radius 1 is 1.11 bits per heavy atom. The zero-order valence-electron chi connectivity index (χ0n) is 22.4. The van der Waals surface area contributed by atoms with E-state index >= 15 is 0 Å². The van der Waals surface area contributed by atoms with Gasteiger partial charge in [-0.3, -0.25) is 13.9 Å². The number of carbonyl (C=O) groups is 2. The zero-order valence-corrected chi connectivity index (χ0v) is 24.8. The van der Waals surface area contributed by atoms with Crippen LogP contribution in [0.2, 0.25) is 0 Å². The number of benzene rings is 2. The molecule has 0 bridgehead atoms. The lowest BCUT2D eigenvalue weighted by Gasteiger charge is -2.31. The first-order valence-electron chi connectivity index (χ1n) is 13.0. The maximum Gasteiger partial charge on any atom is 0.242 e. The molecule has 0 heterocycles. The van der Waals surface area contributed by atoms with E-state index in [4.69, 9.17) is 4.74 Å². The molecule has 0 spiro atoms. The summed E-state index contributed by atoms with van der Waals surface area (Å²) >= 11 is 3.48. The van der Waals surface area contributed by atoms with Crippen molar-refractivity contribution in [2.75, 3.05) is 24.2 Å². The molecule has 208 valence electrons. The van der Waals surface area contributed by atoms with E-state index in [9.17, 15) is 18.0 Å². The number of nitrogens with one attached hydrogen (secondary N) is 1. The molecule has 1 N–H and O–H groups in total. The fourth-order valence-electron chi connectivity index (χ4n) is 4.74. The summed E-state index contributed by atoms with van der Waals surface area (Å²) in [6.07, 6.45) is 6.89. The second kappa shape index (κ2) is 14.0. The van der Waals surface area contributed by atoms with Crippen LogP contribution in [0, 0.1) is 0 Å². The summed E-state index contributed by atoms with van der Waals surface area (Å²) in [6.45, 7) is 2.18. The highest BCUT2D eigenvalue weighted by molar-refractivity contribution is 9.10. The quantitative estimate of drug-likeness (QED) is 0.371. The van der Waals surface area contributed by atoms with Crippen LogP contribution in [-0.4, -0.2) is 57.1 Å². The van der Waals surface area contributed by atoms with Gasteiger partial charge in [0.1, 0.15) is 11.8 Å². The molecule has 1 saturated carbocycles. The van der Waals surface area contributed by atoms with E-state index < -0.39 is 16.1 Å². The minimum Gasteiger partial charge on any atom is -0.497 e. The van der Waals surface area contributed by atoms with Gasteiger partial charge in [-0.25, -0.2) is 8.42 Å². The van der Waals surface area contributed by atoms with Crippen LogP contribution >= 0.6 is 15.9 Å². The number of halogens is 1. The maximum absolute atomic E-state index is 13.5. The predicted molar refractivity (Wildman–Crippen MR) is 154 cm³/mol. The van der Waals surface area contributed by atoms with Crippen LogP contribution < -0.4 is 14.4 Å². The molecule has 0 radical (unpaired) electrons. The molecule has 2 aromatic rings. The van der Waals surface area contributed by atoms with Gasteiger partial charge in [0, 0.05) is 30.0 Å². The normalized spacial score (nSPS) is 14.9. The predicted octanol–water partition coefficient (Wildman–Crippen LogP) is 4.87. The highest BCUT2D eigenvalue weighted by Gasteiger charge is 2.28. The summed E-state index contributed by atoms with van der Waals surface area (Å²) in [6, 6.07) is 13.9. The average Bonchev–Trinajstić information content (AvgIpc) is 2.89. The Morgan fingerprint density at radius 2 is 1.79 bits per heavy atom. The van der Waals surface area contributed by atoms with Gasteiger partial charge in [0.25, 0.3) is 0 Å². The van der Waals surface area contributed by atoms with Crippen LogP contribution in [0.3, 0.4) is 0 Å². The second-order valence-corrected chi connectivity index (χ2v) is 12.6. The molecule has 1 fully saturated rings. The summed E-state index contributed by atoms with van der Waals surface area (Å²) in [5.74, 6) is 0.275. The number of rotatable bonds is 12. The molecule has 0 aliphatic heterocycles. The van der Waals surface area contributed by atoms with Crippen molar-refractivity contribution in [2.45, 2.75) is 70.5 Å². The highest BCUT2D eigenvalue weighted by Crippen LogP contribution is 2.23. The van der Waals surface area contributed by atoms with Gasteiger partial charge in [-0.2, -0.15) is 0 Å². The van der Waals surface area contributed by atoms with Crippen molar-refractivity contribution in [3.63, 3.8) is 0 Å². The van der Waals surface area contributed by atoms with Gasteiger partial charge >= 0.3 is 0 Å². The number of hydrogen-bond acceptors (Lipinski definition) is 5. The van der Waals surface area contributed by atoms with Crippen LogP contribution in [0.5, 0.6) is 5.75 Å². The lowest BCUT2D eigenvalue weighted by Crippen LogP contribution is -2.50. The summed E-state index contributed by atoms with van der Waals surface area (Å²) in [5, 5.41) is 3.14. The molecule has 38 heavy (non-hydrogen) atoms. The van der Waals surface area contributed by atoms with Crippen molar-refractivity contribution in [3.05, 3.63) is 58.6 Å². The van der Waals surface area contributed by atoms with Crippen molar-refractivity contribution in [1.29, 1.82) is 0 Å². The molecule has 2 aromatic carbocycles. The van der Waals surface area contributed by atoms with Crippen LogP contribution in [0.1, 0.15) is 57.4 Å². The van der Waals surface area contributed by atoms with Crippen LogP contribution in [0.25, 0.3) is 0 Å². The first-order chi connectivity index (χ1) is 18.1. The third kappa shape index (κ3) is 8.73. The third-order valence-electron chi connectivity index (χ3n) is 6.87. The first-order valence-corrected chi connectivity index (χ1v) is 15.7. The molecule has 1 aliphatic rings. The topological polar surface area (TPSA) is 96.0 Å².